The van der Waals surface area contributed by atoms with Crippen LogP contribution in [0.25, 0.3) is 5.82 Å². The van der Waals surface area contributed by atoms with Crippen molar-refractivity contribution >= 4 is 11.6 Å². The minimum Gasteiger partial charge on any atom is -0.438 e. The molecule has 0 saturated heterocycles. The second-order valence-electron chi connectivity index (χ2n) is 7.07. The first-order valence-corrected chi connectivity index (χ1v) is 9.88. The second kappa shape index (κ2) is 8.86. The molecule has 0 saturated carbocycles. The Labute approximate surface area is 171 Å². The lowest BCUT2D eigenvalue weighted by Crippen LogP contribution is -2.21. The summed E-state index contributed by atoms with van der Waals surface area (Å²) in [6, 6.07) is 10.8. The number of nitrogens with zero attached hydrogens (tertiary/aromatic N) is 4. The molecule has 2 aromatic heterocycles. The van der Waals surface area contributed by atoms with E-state index in [1.165, 1.54) is 0 Å². The van der Waals surface area contributed by atoms with Crippen molar-refractivity contribution in [2.75, 3.05) is 5.32 Å². The third kappa shape index (κ3) is 4.62. The second-order valence-corrected chi connectivity index (χ2v) is 7.07. The highest BCUT2D eigenvalue weighted by atomic mass is 16.5. The van der Waals surface area contributed by atoms with Crippen molar-refractivity contribution in [3.63, 3.8) is 0 Å². The lowest BCUT2D eigenvalue weighted by molar-refractivity contribution is -0.120. The Kier molecular flexibility index (Phi) is 6.26. The van der Waals surface area contributed by atoms with Crippen molar-refractivity contribution in [3.05, 3.63) is 53.3 Å². The number of carbonyl (C=O) groups excluding carboxylic acids is 1. The Hall–Kier alpha value is -3.22. The summed E-state index contributed by atoms with van der Waals surface area (Å²) in [5.74, 6) is 1.73. The van der Waals surface area contributed by atoms with Crippen LogP contribution in [0.1, 0.15) is 43.6 Å². The van der Waals surface area contributed by atoms with Crippen molar-refractivity contribution in [1.82, 2.24) is 20.0 Å². The number of rotatable bonds is 7. The van der Waals surface area contributed by atoms with Crippen LogP contribution in [0.15, 0.2) is 36.4 Å². The molecule has 0 atom stereocenters. The minimum absolute atomic E-state index is 0.0331. The highest BCUT2D eigenvalue weighted by Gasteiger charge is 2.14. The van der Waals surface area contributed by atoms with Gasteiger partial charge in [0.15, 0.2) is 5.82 Å². The van der Waals surface area contributed by atoms with Crippen molar-refractivity contribution in [2.24, 2.45) is 5.92 Å². The molecule has 152 valence electrons. The lowest BCUT2D eigenvalue weighted by Gasteiger charge is -2.13. The van der Waals surface area contributed by atoms with Gasteiger partial charge in [-0.3, -0.25) is 4.79 Å². The van der Waals surface area contributed by atoms with Crippen LogP contribution in [0.4, 0.5) is 5.69 Å². The molecule has 3 rings (SSSR count). The first kappa shape index (κ1) is 20.5. The molecule has 0 spiro atoms. The number of ether oxygens (including phenoxy) is 1. The molecule has 1 N–H and O–H groups in total. The molecule has 0 unspecified atom stereocenters. The van der Waals surface area contributed by atoms with E-state index in [0.717, 1.165) is 35.5 Å². The lowest BCUT2D eigenvalue weighted by atomic mass is 10.0. The van der Waals surface area contributed by atoms with Crippen LogP contribution in [-0.4, -0.2) is 25.9 Å². The number of amides is 1. The van der Waals surface area contributed by atoms with Crippen LogP contribution in [0.3, 0.4) is 0 Å². The first-order chi connectivity index (χ1) is 13.9. The maximum atomic E-state index is 12.2. The predicted molar refractivity (Wildman–Crippen MR) is 113 cm³/mol. The van der Waals surface area contributed by atoms with E-state index in [9.17, 15) is 4.79 Å². The van der Waals surface area contributed by atoms with Gasteiger partial charge in [0.25, 0.3) is 0 Å². The zero-order valence-electron chi connectivity index (χ0n) is 17.6. The van der Waals surface area contributed by atoms with Gasteiger partial charge in [-0.25, -0.2) is 4.68 Å². The van der Waals surface area contributed by atoms with Gasteiger partial charge in [-0.15, -0.1) is 10.2 Å². The van der Waals surface area contributed by atoms with Crippen LogP contribution in [0.5, 0.6) is 11.6 Å². The summed E-state index contributed by atoms with van der Waals surface area (Å²) in [6.45, 7) is 10.1. The number of benzene rings is 1. The van der Waals surface area contributed by atoms with E-state index in [1.54, 1.807) is 22.9 Å². The average Bonchev–Trinajstić information content (AvgIpc) is 2.98. The number of hydrogen-bond acceptors (Lipinski definition) is 5. The van der Waals surface area contributed by atoms with E-state index in [1.807, 2.05) is 52.8 Å². The minimum atomic E-state index is 0.0331. The maximum absolute atomic E-state index is 12.2. The maximum Gasteiger partial charge on any atom is 0.238 e. The first-order valence-electron chi connectivity index (χ1n) is 9.88. The predicted octanol–water partition coefficient (Wildman–Crippen LogP) is 4.75. The zero-order valence-corrected chi connectivity index (χ0v) is 17.6. The fourth-order valence-electron chi connectivity index (χ4n) is 3.05. The molecule has 0 aliphatic rings. The Morgan fingerprint density at radius 2 is 1.72 bits per heavy atom. The summed E-state index contributed by atoms with van der Waals surface area (Å²) in [5, 5.41) is 15.8. The average molecular weight is 393 g/mol. The molecule has 29 heavy (non-hydrogen) atoms. The van der Waals surface area contributed by atoms with Crippen LogP contribution >= 0.6 is 0 Å². The summed E-state index contributed by atoms with van der Waals surface area (Å²) < 4.78 is 7.54. The molecule has 7 nitrogen and oxygen atoms in total. The van der Waals surface area contributed by atoms with Gasteiger partial charge >= 0.3 is 0 Å². The van der Waals surface area contributed by atoms with Gasteiger partial charge in [-0.1, -0.05) is 13.8 Å². The van der Waals surface area contributed by atoms with Crippen molar-refractivity contribution in [2.45, 2.75) is 47.5 Å². The molecular weight excluding hydrogens is 366 g/mol. The number of nitrogens with one attached hydrogen (secondary N) is 1. The molecule has 0 fully saturated rings. The standard InChI is InChI=1S/C22H27N5O2/c1-6-17(7-2)22(28)23-18-8-10-19(11-9-18)29-21-13-12-20(24-25-21)27-16(5)14(3)15(4)26-27/h8-13,17H,6-7H2,1-5H3,(H,23,28). The normalized spacial score (nSPS) is 11.0. The third-order valence-corrected chi connectivity index (χ3v) is 5.20. The van der Waals surface area contributed by atoms with Crippen LogP contribution in [0, 0.1) is 26.7 Å². The summed E-state index contributed by atoms with van der Waals surface area (Å²) >= 11 is 0. The largest absolute Gasteiger partial charge is 0.438 e. The van der Waals surface area contributed by atoms with Gasteiger partial charge in [-0.2, -0.15) is 5.10 Å². The summed E-state index contributed by atoms with van der Waals surface area (Å²) in [4.78, 5) is 12.2. The Bertz CT molecular complexity index is 974. The van der Waals surface area contributed by atoms with Crippen LogP contribution < -0.4 is 10.1 Å². The van der Waals surface area contributed by atoms with Crippen LogP contribution in [-0.2, 0) is 4.79 Å². The zero-order chi connectivity index (χ0) is 21.0. The Morgan fingerprint density at radius 1 is 1.03 bits per heavy atom. The Morgan fingerprint density at radius 3 is 2.24 bits per heavy atom. The van der Waals surface area contributed by atoms with Gasteiger partial charge in [-0.05, 0) is 69.5 Å². The van der Waals surface area contributed by atoms with Crippen LogP contribution in [0.2, 0.25) is 0 Å². The van der Waals surface area contributed by atoms with E-state index in [4.69, 9.17) is 4.74 Å². The van der Waals surface area contributed by atoms with Gasteiger partial charge in [0.2, 0.25) is 11.8 Å². The van der Waals surface area contributed by atoms with E-state index in [-0.39, 0.29) is 11.8 Å². The summed E-state index contributed by atoms with van der Waals surface area (Å²) in [6.07, 6.45) is 1.66. The molecular formula is C22H27N5O2. The summed E-state index contributed by atoms with van der Waals surface area (Å²) in [5.41, 5.74) is 3.90. The molecule has 0 aliphatic heterocycles. The molecule has 1 amide bonds. The molecule has 2 heterocycles. The van der Waals surface area contributed by atoms with Gasteiger partial charge in [0.1, 0.15) is 5.75 Å². The summed E-state index contributed by atoms with van der Waals surface area (Å²) in [7, 11) is 0. The van der Waals surface area contributed by atoms with E-state index >= 15 is 0 Å². The number of aryl methyl sites for hydroxylation is 1. The smallest absolute Gasteiger partial charge is 0.238 e. The van der Waals surface area contributed by atoms with Crippen molar-refractivity contribution in [3.8, 4) is 17.4 Å². The van der Waals surface area contributed by atoms with Crippen molar-refractivity contribution in [1.29, 1.82) is 0 Å². The molecule has 0 bridgehead atoms. The van der Waals surface area contributed by atoms with E-state index < -0.39 is 0 Å². The number of anilines is 1. The molecule has 0 radical (unpaired) electrons. The fourth-order valence-corrected chi connectivity index (χ4v) is 3.05. The van der Waals surface area contributed by atoms with E-state index in [0.29, 0.717) is 17.4 Å². The van der Waals surface area contributed by atoms with Gasteiger partial charge in [0, 0.05) is 23.4 Å². The van der Waals surface area contributed by atoms with Crippen molar-refractivity contribution < 1.29 is 9.53 Å². The van der Waals surface area contributed by atoms with Gasteiger partial charge in [0.05, 0.1) is 5.69 Å². The SMILES string of the molecule is CCC(CC)C(=O)Nc1ccc(Oc2ccc(-n3nc(C)c(C)c3C)nn2)cc1. The highest BCUT2D eigenvalue weighted by Crippen LogP contribution is 2.23. The number of aromatic nitrogens is 4. The third-order valence-electron chi connectivity index (χ3n) is 5.20. The fraction of sp³-hybridized carbons (Fsp3) is 0.364. The quantitative estimate of drug-likeness (QED) is 0.626. The van der Waals surface area contributed by atoms with E-state index in [2.05, 4.69) is 20.6 Å². The highest BCUT2D eigenvalue weighted by molar-refractivity contribution is 5.92. The topological polar surface area (TPSA) is 81.9 Å². The number of carbonyl (C=O) groups is 1. The Balaban J connectivity index is 1.66. The molecule has 1 aromatic carbocycles. The number of hydrogen-bond donors (Lipinski definition) is 1. The molecule has 7 heteroatoms. The van der Waals surface area contributed by atoms with Gasteiger partial charge < -0.3 is 10.1 Å². The monoisotopic (exact) mass is 393 g/mol. The molecule has 3 aromatic rings. The molecule has 0 aliphatic carbocycles.